The van der Waals surface area contributed by atoms with Gasteiger partial charge in [0.15, 0.2) is 0 Å². The molecular weight excluding hydrogens is 531 g/mol. The maximum absolute atomic E-state index is 12.2. The van der Waals surface area contributed by atoms with Crippen molar-refractivity contribution < 1.29 is 43.0 Å². The highest BCUT2D eigenvalue weighted by atomic mass is 32.3. The van der Waals surface area contributed by atoms with E-state index in [0.29, 0.717) is 10.0 Å². The summed E-state index contributed by atoms with van der Waals surface area (Å²) in [7, 11) is -14.8. The fourth-order valence-electron chi connectivity index (χ4n) is 2.66. The average molecular weight is 560 g/mol. The lowest BCUT2D eigenvalue weighted by molar-refractivity contribution is -0.0441. The molecule has 0 amide bonds. The first-order chi connectivity index (χ1) is 15.9. The molecule has 0 bridgehead atoms. The summed E-state index contributed by atoms with van der Waals surface area (Å²) in [5, 5.41) is 0. The Balaban J connectivity index is 0.000000379. The lowest BCUT2D eigenvalue weighted by atomic mass is 9.99. The molecule has 0 fully saturated rings. The largest absolute Gasteiger partial charge is 0.512 e. The summed E-state index contributed by atoms with van der Waals surface area (Å²) in [5.41, 5.74) is -3.81. The van der Waals surface area contributed by atoms with Gasteiger partial charge in [-0.05, 0) is 60.1 Å². The van der Waals surface area contributed by atoms with Gasteiger partial charge < -0.3 is 0 Å². The second-order valence-electron chi connectivity index (χ2n) is 7.77. The highest BCUT2D eigenvalue weighted by molar-refractivity contribution is 8.05. The second kappa shape index (κ2) is 11.8. The van der Waals surface area contributed by atoms with Crippen LogP contribution in [0.4, 0.5) is 13.2 Å². The van der Waals surface area contributed by atoms with Crippen LogP contribution in [0.5, 0.6) is 0 Å². The van der Waals surface area contributed by atoms with Crippen LogP contribution < -0.4 is 4.13 Å². The van der Waals surface area contributed by atoms with E-state index in [2.05, 4.69) is 13.8 Å². The van der Waals surface area contributed by atoms with Crippen molar-refractivity contribution in [1.82, 2.24) is 4.13 Å². The fraction of sp³-hybridized carbons (Fsp3) is 0.429. The maximum atomic E-state index is 12.2. The second-order valence-corrected chi connectivity index (χ2v) is 12.8. The van der Waals surface area contributed by atoms with Crippen LogP contribution in [-0.2, 0) is 30.2 Å². The molecule has 0 saturated heterocycles. The molecule has 0 heterocycles. The Morgan fingerprint density at radius 1 is 0.743 bits per heavy atom. The zero-order chi connectivity index (χ0) is 27.2. The van der Waals surface area contributed by atoms with Crippen LogP contribution in [0.3, 0.4) is 0 Å². The molecule has 35 heavy (non-hydrogen) atoms. The molecular formula is C21H28F3NO7S3. The van der Waals surface area contributed by atoms with E-state index >= 15 is 0 Å². The van der Waals surface area contributed by atoms with E-state index in [-0.39, 0.29) is 10.8 Å². The van der Waals surface area contributed by atoms with Gasteiger partial charge in [-0.1, -0.05) is 56.1 Å². The first kappa shape index (κ1) is 31.0. The van der Waals surface area contributed by atoms with E-state index in [4.69, 9.17) is 4.55 Å². The zero-order valence-corrected chi connectivity index (χ0v) is 21.9. The molecule has 8 nitrogen and oxygen atoms in total. The highest BCUT2D eigenvalue weighted by Gasteiger charge is 2.48. The van der Waals surface area contributed by atoms with Crippen LogP contribution in [0.15, 0.2) is 58.3 Å². The summed E-state index contributed by atoms with van der Waals surface area (Å²) in [6.45, 7) is 7.96. The van der Waals surface area contributed by atoms with Gasteiger partial charge in [0.25, 0.3) is 20.1 Å². The minimum atomic E-state index is -5.97. The molecule has 2 rings (SSSR count). The number of hydrogen-bond acceptors (Lipinski definition) is 6. The van der Waals surface area contributed by atoms with Gasteiger partial charge in [-0.25, -0.2) is 16.8 Å². The lowest BCUT2D eigenvalue weighted by Crippen LogP contribution is -2.40. The van der Waals surface area contributed by atoms with E-state index in [0.717, 1.165) is 36.1 Å². The number of rotatable bonds is 8. The first-order valence-electron chi connectivity index (χ1n) is 10.4. The predicted octanol–water partition coefficient (Wildman–Crippen LogP) is 4.77. The Bertz CT molecular complexity index is 1290. The van der Waals surface area contributed by atoms with Crippen LogP contribution in [0.1, 0.15) is 63.5 Å². The van der Waals surface area contributed by atoms with E-state index in [9.17, 15) is 38.4 Å². The molecule has 198 valence electrons. The molecule has 0 radical (unpaired) electrons. The third kappa shape index (κ3) is 8.86. The standard InChI is InChI=1S/C11H14F3NO4S2.C10H14O3S/c1-3-8(2)9-4-6-10(7-5-9)20(16,17)15-21(18,19)11(12,13)14;1-3-8(2)9-4-6-10(7-5-9)14(11,12)13/h4-8,15H,3H2,1-2H3;4-8H,3H2,1-2H3,(H,11,12,13). The van der Waals surface area contributed by atoms with Gasteiger partial charge in [0.05, 0.1) is 9.79 Å². The number of alkyl halides is 3. The fourth-order valence-corrected chi connectivity index (χ4v) is 5.55. The van der Waals surface area contributed by atoms with Crippen LogP contribution >= 0.6 is 0 Å². The van der Waals surface area contributed by atoms with E-state index in [1.807, 2.05) is 13.8 Å². The number of halogens is 3. The summed E-state index contributed by atoms with van der Waals surface area (Å²) in [5.74, 6) is 0.555. The van der Waals surface area contributed by atoms with Crippen molar-refractivity contribution in [3.05, 3.63) is 59.7 Å². The summed E-state index contributed by atoms with van der Waals surface area (Å²) >= 11 is 0. The van der Waals surface area contributed by atoms with Crippen molar-refractivity contribution in [2.45, 2.75) is 67.7 Å². The quantitative estimate of drug-likeness (QED) is 0.445. The summed E-state index contributed by atoms with van der Waals surface area (Å²) in [6.07, 6.45) is 1.80. The normalized spacial score (nSPS) is 14.5. The van der Waals surface area contributed by atoms with Crippen molar-refractivity contribution in [3.8, 4) is 0 Å². The van der Waals surface area contributed by atoms with Gasteiger partial charge in [-0.15, -0.1) is 0 Å². The van der Waals surface area contributed by atoms with Crippen molar-refractivity contribution in [1.29, 1.82) is 0 Å². The van der Waals surface area contributed by atoms with Gasteiger partial charge in [-0.2, -0.15) is 21.6 Å². The maximum Gasteiger partial charge on any atom is 0.512 e. The minimum Gasteiger partial charge on any atom is -0.282 e. The van der Waals surface area contributed by atoms with E-state index in [1.165, 1.54) is 24.3 Å². The Kier molecular flexibility index (Phi) is 10.5. The molecule has 14 heteroatoms. The Labute approximate surface area is 204 Å². The third-order valence-electron chi connectivity index (χ3n) is 5.26. The topological polar surface area (TPSA) is 135 Å². The molecule has 0 aliphatic rings. The zero-order valence-electron chi connectivity index (χ0n) is 19.4. The van der Waals surface area contributed by atoms with Crippen molar-refractivity contribution in [2.75, 3.05) is 0 Å². The minimum absolute atomic E-state index is 0.0513. The molecule has 0 saturated carbocycles. The van der Waals surface area contributed by atoms with Gasteiger partial charge >= 0.3 is 15.5 Å². The molecule has 2 atom stereocenters. The van der Waals surface area contributed by atoms with Gasteiger partial charge in [0, 0.05) is 0 Å². The predicted molar refractivity (Wildman–Crippen MR) is 125 cm³/mol. The third-order valence-corrected chi connectivity index (χ3v) is 9.38. The SMILES string of the molecule is CCC(C)c1ccc(S(=O)(=O)NS(=O)(=O)C(F)(F)F)cc1.CCC(C)c1ccc(S(=O)(=O)O)cc1. The highest BCUT2D eigenvalue weighted by Crippen LogP contribution is 2.25. The first-order valence-corrected chi connectivity index (χ1v) is 14.8. The summed E-state index contributed by atoms with van der Waals surface area (Å²) in [6, 6.07) is 11.3. The number of hydrogen-bond donors (Lipinski definition) is 2. The Hall–Kier alpha value is -2.00. The molecule has 0 aliphatic carbocycles. The molecule has 0 aromatic heterocycles. The van der Waals surface area contributed by atoms with Gasteiger partial charge in [-0.3, -0.25) is 4.55 Å². The number of benzene rings is 2. The monoisotopic (exact) mass is 559 g/mol. The smallest absolute Gasteiger partial charge is 0.282 e. The lowest BCUT2D eigenvalue weighted by Gasteiger charge is -2.12. The molecule has 2 unspecified atom stereocenters. The van der Waals surface area contributed by atoms with Gasteiger partial charge in [0.2, 0.25) is 0 Å². The van der Waals surface area contributed by atoms with Crippen molar-refractivity contribution in [2.24, 2.45) is 0 Å². The number of sulfonamides is 2. The summed E-state index contributed by atoms with van der Waals surface area (Å²) in [4.78, 5) is -0.605. The van der Waals surface area contributed by atoms with Crippen LogP contribution in [-0.4, -0.2) is 35.3 Å². The molecule has 2 aromatic carbocycles. The molecule has 0 aliphatic heterocycles. The Morgan fingerprint density at radius 3 is 1.37 bits per heavy atom. The summed E-state index contributed by atoms with van der Waals surface area (Å²) < 4.78 is 112. The van der Waals surface area contributed by atoms with Crippen molar-refractivity contribution in [3.63, 3.8) is 0 Å². The van der Waals surface area contributed by atoms with Crippen molar-refractivity contribution >= 4 is 30.2 Å². The molecule has 2 aromatic rings. The van der Waals surface area contributed by atoms with E-state index < -0.39 is 40.6 Å². The Morgan fingerprint density at radius 2 is 1.09 bits per heavy atom. The van der Waals surface area contributed by atoms with Crippen LogP contribution in [0.25, 0.3) is 0 Å². The van der Waals surface area contributed by atoms with Crippen LogP contribution in [0, 0.1) is 0 Å². The molecule has 0 spiro atoms. The van der Waals surface area contributed by atoms with Crippen LogP contribution in [0.2, 0.25) is 0 Å². The molecule has 2 N–H and O–H groups in total. The van der Waals surface area contributed by atoms with Gasteiger partial charge in [0.1, 0.15) is 0 Å². The van der Waals surface area contributed by atoms with E-state index in [1.54, 1.807) is 12.1 Å². The average Bonchev–Trinajstić information content (AvgIpc) is 2.76. The number of nitrogens with one attached hydrogen (secondary N) is 1.